The van der Waals surface area contributed by atoms with Crippen molar-refractivity contribution in [2.45, 2.75) is 123 Å². The van der Waals surface area contributed by atoms with Gasteiger partial charge in [-0.1, -0.05) is 78.1 Å². The van der Waals surface area contributed by atoms with E-state index in [9.17, 15) is 27.9 Å². The van der Waals surface area contributed by atoms with Crippen LogP contribution in [0.1, 0.15) is 111 Å². The van der Waals surface area contributed by atoms with Crippen LogP contribution in [0.4, 0.5) is 0 Å². The van der Waals surface area contributed by atoms with Gasteiger partial charge in [0.1, 0.15) is 6.10 Å². The number of esters is 1. The minimum atomic E-state index is -1.02. The lowest BCUT2D eigenvalue weighted by molar-refractivity contribution is -0.153. The molecule has 0 aliphatic heterocycles. The Bertz CT molecular complexity index is 693. The van der Waals surface area contributed by atoms with E-state index >= 15 is 0 Å². The summed E-state index contributed by atoms with van der Waals surface area (Å²) in [6.07, 6.45) is 15.9. The van der Waals surface area contributed by atoms with E-state index in [0.717, 1.165) is 25.7 Å². The van der Waals surface area contributed by atoms with Crippen molar-refractivity contribution in [3.05, 3.63) is 0 Å². The van der Waals surface area contributed by atoms with Crippen molar-refractivity contribution in [1.82, 2.24) is 10.6 Å². The Kier molecular flexibility index (Phi) is 28.8. The number of carbonyl (C=O) groups excluding carboxylic acids is 3. The van der Waals surface area contributed by atoms with Crippen molar-refractivity contribution >= 4 is 39.4 Å². The van der Waals surface area contributed by atoms with Crippen molar-refractivity contribution in [2.75, 3.05) is 37.1 Å². The van der Waals surface area contributed by atoms with E-state index < -0.39 is 39.8 Å². The largest absolute Gasteiger partial charge is 0.452 e. The fraction of sp³-hybridized carbons (Fsp3) is 0.893. The highest BCUT2D eigenvalue weighted by Crippen LogP contribution is 2.06. The molecule has 0 heterocycles. The number of ether oxygens (including phenoxy) is 1. The van der Waals surface area contributed by atoms with Gasteiger partial charge in [-0.3, -0.25) is 22.8 Å². The Hall–Kier alpha value is -1.33. The second kappa shape index (κ2) is 28.2. The predicted molar refractivity (Wildman–Crippen MR) is 161 cm³/mol. The molecular weight excluding hydrogens is 540 g/mol. The summed E-state index contributed by atoms with van der Waals surface area (Å²) in [4.78, 5) is 34.4. The lowest BCUT2D eigenvalue weighted by Crippen LogP contribution is -2.38. The van der Waals surface area contributed by atoms with Crippen LogP contribution in [0, 0.1) is 0 Å². The molecular formula is C28H56N2O7S2. The van der Waals surface area contributed by atoms with E-state index in [1.54, 1.807) is 12.5 Å². The summed E-state index contributed by atoms with van der Waals surface area (Å²) in [6, 6.07) is 0. The minimum absolute atomic E-state index is 0.269. The average Bonchev–Trinajstić information content (AvgIpc) is 2.88. The van der Waals surface area contributed by atoms with E-state index in [-0.39, 0.29) is 18.2 Å². The van der Waals surface area contributed by atoms with Gasteiger partial charge in [-0.15, -0.1) is 0 Å². The fourth-order valence-electron chi connectivity index (χ4n) is 3.59. The molecule has 0 radical (unpaired) electrons. The van der Waals surface area contributed by atoms with Crippen LogP contribution in [0.3, 0.4) is 0 Å². The minimum Gasteiger partial charge on any atom is -0.452 e. The molecule has 4 unspecified atom stereocenters. The summed E-state index contributed by atoms with van der Waals surface area (Å²) in [5.74, 6) is -0.400. The molecule has 4 atom stereocenters. The van der Waals surface area contributed by atoms with E-state index in [2.05, 4.69) is 24.5 Å². The molecule has 11 heteroatoms. The molecule has 0 aromatic rings. The molecule has 2 amide bonds. The van der Waals surface area contributed by atoms with E-state index in [0.29, 0.717) is 31.0 Å². The van der Waals surface area contributed by atoms with Crippen molar-refractivity contribution < 1.29 is 32.6 Å². The highest BCUT2D eigenvalue weighted by atomic mass is 32.2. The SMILES string of the molecule is CCCCCCCCNC(=O)C(CCS(C)=O)OC(C)=O.CCCCCCCCNC(=O)C(O)CCS(C)=O. The predicted octanol–water partition coefficient (Wildman–Crippen LogP) is 3.76. The number of aliphatic hydroxyl groups is 1. The van der Waals surface area contributed by atoms with Crippen molar-refractivity contribution in [3.8, 4) is 0 Å². The first kappa shape index (κ1) is 39.8. The molecule has 0 aromatic heterocycles. The Labute approximate surface area is 242 Å². The molecule has 0 aromatic carbocycles. The topological polar surface area (TPSA) is 139 Å². The Balaban J connectivity index is 0. The molecule has 0 fully saturated rings. The summed E-state index contributed by atoms with van der Waals surface area (Å²) < 4.78 is 26.9. The van der Waals surface area contributed by atoms with Crippen molar-refractivity contribution in [3.63, 3.8) is 0 Å². The Morgan fingerprint density at radius 2 is 1.10 bits per heavy atom. The second-order valence-electron chi connectivity index (χ2n) is 9.86. The molecule has 3 N–H and O–H groups in total. The molecule has 0 aliphatic carbocycles. The molecule has 0 bridgehead atoms. The summed E-state index contributed by atoms with van der Waals surface area (Å²) in [6.45, 7) is 6.86. The third-order valence-electron chi connectivity index (χ3n) is 5.91. The number of aliphatic hydroxyl groups excluding tert-OH is 1. The molecule has 0 rings (SSSR count). The summed E-state index contributed by atoms with van der Waals surface area (Å²) in [5, 5.41) is 15.0. The van der Waals surface area contributed by atoms with Crippen LogP contribution in [0.5, 0.6) is 0 Å². The van der Waals surface area contributed by atoms with Crippen molar-refractivity contribution in [1.29, 1.82) is 0 Å². The van der Waals surface area contributed by atoms with Gasteiger partial charge in [0.15, 0.2) is 6.10 Å². The number of hydrogen-bond donors (Lipinski definition) is 3. The Morgan fingerprint density at radius 3 is 1.54 bits per heavy atom. The zero-order valence-electron chi connectivity index (χ0n) is 25.1. The van der Waals surface area contributed by atoms with Crippen LogP contribution in [-0.2, 0) is 40.7 Å². The zero-order chi connectivity index (χ0) is 29.9. The van der Waals surface area contributed by atoms with Crippen LogP contribution in [0.2, 0.25) is 0 Å². The number of nitrogens with one attached hydrogen (secondary N) is 2. The number of amides is 2. The molecule has 0 aliphatic rings. The van der Waals surface area contributed by atoms with Gasteiger partial charge < -0.3 is 20.5 Å². The van der Waals surface area contributed by atoms with Crippen LogP contribution >= 0.6 is 0 Å². The number of carbonyl (C=O) groups is 3. The molecule has 39 heavy (non-hydrogen) atoms. The summed E-state index contributed by atoms with van der Waals surface area (Å²) in [5.41, 5.74) is 0. The van der Waals surface area contributed by atoms with Gasteiger partial charge in [-0.2, -0.15) is 0 Å². The first-order valence-corrected chi connectivity index (χ1v) is 18.0. The van der Waals surface area contributed by atoms with E-state index in [1.165, 1.54) is 58.3 Å². The number of unbranched alkanes of at least 4 members (excludes halogenated alkanes) is 10. The van der Waals surface area contributed by atoms with Gasteiger partial charge in [0.2, 0.25) is 5.91 Å². The lowest BCUT2D eigenvalue weighted by atomic mass is 10.1. The highest BCUT2D eigenvalue weighted by Gasteiger charge is 2.21. The monoisotopic (exact) mass is 596 g/mol. The van der Waals surface area contributed by atoms with Crippen LogP contribution < -0.4 is 10.6 Å². The maximum atomic E-state index is 11.9. The zero-order valence-corrected chi connectivity index (χ0v) is 26.7. The first-order valence-electron chi connectivity index (χ1n) is 14.6. The van der Waals surface area contributed by atoms with Crippen molar-refractivity contribution in [2.24, 2.45) is 0 Å². The molecule has 232 valence electrons. The highest BCUT2D eigenvalue weighted by molar-refractivity contribution is 7.84. The first-order chi connectivity index (χ1) is 18.5. The van der Waals surface area contributed by atoms with Crippen LogP contribution in [0.25, 0.3) is 0 Å². The normalized spacial score (nSPS) is 13.8. The average molecular weight is 597 g/mol. The summed E-state index contributed by atoms with van der Waals surface area (Å²) in [7, 11) is -1.96. The maximum absolute atomic E-state index is 11.9. The van der Waals surface area contributed by atoms with Gasteiger partial charge in [-0.25, -0.2) is 0 Å². The fourth-order valence-corrected chi connectivity index (χ4v) is 4.69. The standard InChI is InChI=1S/C15H29NO4S.C13H27NO3S/c1-4-5-6-7-8-9-11-16-15(18)14(20-13(2)17)10-12-21(3)19;1-3-4-5-6-7-8-10-14-13(16)12(15)9-11-18(2)17/h14H,4-12H2,1-3H3,(H,16,18);12,15H,3-11H2,1-2H3,(H,14,16). The number of rotatable bonds is 23. The van der Waals surface area contributed by atoms with Crippen LogP contribution in [-0.4, -0.2) is 80.6 Å². The van der Waals surface area contributed by atoms with Gasteiger partial charge >= 0.3 is 5.97 Å². The van der Waals surface area contributed by atoms with Gasteiger partial charge in [0, 0.05) is 72.1 Å². The van der Waals surface area contributed by atoms with Crippen LogP contribution in [0.15, 0.2) is 0 Å². The third kappa shape index (κ3) is 29.5. The Morgan fingerprint density at radius 1 is 0.692 bits per heavy atom. The lowest BCUT2D eigenvalue weighted by Gasteiger charge is -2.16. The summed E-state index contributed by atoms with van der Waals surface area (Å²) >= 11 is 0. The molecule has 0 spiro atoms. The quantitative estimate of drug-likeness (QED) is 0.121. The maximum Gasteiger partial charge on any atom is 0.303 e. The molecule has 9 nitrogen and oxygen atoms in total. The van der Waals surface area contributed by atoms with E-state index in [4.69, 9.17) is 4.74 Å². The smallest absolute Gasteiger partial charge is 0.303 e. The van der Waals surface area contributed by atoms with E-state index in [1.807, 2.05) is 0 Å². The third-order valence-corrected chi connectivity index (χ3v) is 7.53. The van der Waals surface area contributed by atoms with Gasteiger partial charge in [0.05, 0.1) is 0 Å². The second-order valence-corrected chi connectivity index (χ2v) is 13.0. The molecule has 0 saturated carbocycles. The van der Waals surface area contributed by atoms with Gasteiger partial charge in [-0.05, 0) is 19.3 Å². The number of hydrogen-bond acceptors (Lipinski definition) is 7. The van der Waals surface area contributed by atoms with Gasteiger partial charge in [0.25, 0.3) is 5.91 Å². The molecule has 0 saturated heterocycles.